The Balaban J connectivity index is 1.52. The van der Waals surface area contributed by atoms with E-state index in [1.807, 2.05) is 66.7 Å². The average molecular weight is 447 g/mol. The highest BCUT2D eigenvalue weighted by molar-refractivity contribution is 5.88. The Morgan fingerprint density at radius 3 is 2.21 bits per heavy atom. The Morgan fingerprint density at radius 2 is 1.44 bits per heavy atom. The normalized spacial score (nSPS) is 10.9. The molecule has 0 aliphatic heterocycles. The summed E-state index contributed by atoms with van der Waals surface area (Å²) < 4.78 is 0. The lowest BCUT2D eigenvalue weighted by Crippen LogP contribution is -2.09. The molecular weight excluding hydrogens is 426 g/mol. The van der Waals surface area contributed by atoms with E-state index in [2.05, 4.69) is 4.98 Å². The van der Waals surface area contributed by atoms with Gasteiger partial charge in [-0.2, -0.15) is 0 Å². The van der Waals surface area contributed by atoms with Gasteiger partial charge in [0.1, 0.15) is 5.75 Å². The van der Waals surface area contributed by atoms with Crippen molar-refractivity contribution in [3.63, 3.8) is 0 Å². The number of pyridine rings is 1. The van der Waals surface area contributed by atoms with Crippen molar-refractivity contribution in [3.05, 3.63) is 113 Å². The van der Waals surface area contributed by atoms with Crippen LogP contribution in [0.3, 0.4) is 0 Å². The molecule has 0 spiro atoms. The van der Waals surface area contributed by atoms with Gasteiger partial charge in [0.2, 0.25) is 0 Å². The van der Waals surface area contributed by atoms with Crippen molar-refractivity contribution >= 4 is 16.9 Å². The number of H-pyrrole nitrogens is 1. The molecule has 166 valence electrons. The van der Waals surface area contributed by atoms with E-state index in [0.717, 1.165) is 33.2 Å². The number of fused-ring (bicyclic) bond motifs is 1. The van der Waals surface area contributed by atoms with Crippen molar-refractivity contribution in [1.82, 2.24) is 4.98 Å². The molecule has 0 amide bonds. The second kappa shape index (κ2) is 8.71. The van der Waals surface area contributed by atoms with Crippen LogP contribution in [-0.4, -0.2) is 21.2 Å². The SMILES string of the molecule is O=C(O)Cc1cccc(-c2cc3cc(-c4ccc(-c5ccccc5O)cc4)ccc3[nH]c2=O)c1. The predicted octanol–water partition coefficient (Wildman–Crippen LogP) is 5.86. The van der Waals surface area contributed by atoms with E-state index in [1.165, 1.54) is 0 Å². The number of aliphatic carboxylic acids is 1. The first kappa shape index (κ1) is 21.2. The van der Waals surface area contributed by atoms with Crippen molar-refractivity contribution in [1.29, 1.82) is 0 Å². The van der Waals surface area contributed by atoms with E-state index < -0.39 is 5.97 Å². The summed E-state index contributed by atoms with van der Waals surface area (Å²) in [6.45, 7) is 0. The van der Waals surface area contributed by atoms with Crippen molar-refractivity contribution in [2.45, 2.75) is 6.42 Å². The van der Waals surface area contributed by atoms with Gasteiger partial charge in [0.15, 0.2) is 0 Å². The standard InChI is InChI=1S/C29H21NO4/c31-27-7-2-1-6-24(27)20-10-8-19(9-11-20)21-12-13-26-23(16-21)17-25(29(34)30-26)22-5-3-4-18(14-22)15-28(32)33/h1-14,16-17,31H,15H2,(H,30,34)(H,32,33). The molecule has 0 aliphatic carbocycles. The van der Waals surface area contributed by atoms with Crippen LogP contribution < -0.4 is 5.56 Å². The van der Waals surface area contributed by atoms with Gasteiger partial charge in [-0.1, -0.05) is 72.8 Å². The third-order valence-electron chi connectivity index (χ3n) is 5.87. The van der Waals surface area contributed by atoms with Crippen LogP contribution in [0, 0.1) is 0 Å². The Labute approximate surface area is 195 Å². The number of phenolic OH excluding ortho intramolecular Hbond substituents is 1. The third-order valence-corrected chi connectivity index (χ3v) is 5.87. The van der Waals surface area contributed by atoms with Gasteiger partial charge < -0.3 is 15.2 Å². The minimum absolute atomic E-state index is 0.0970. The Morgan fingerprint density at radius 1 is 0.706 bits per heavy atom. The number of rotatable bonds is 5. The number of aromatic amines is 1. The number of hydrogen-bond donors (Lipinski definition) is 3. The Kier molecular flexibility index (Phi) is 5.44. The van der Waals surface area contributed by atoms with Gasteiger partial charge in [0, 0.05) is 16.6 Å². The van der Waals surface area contributed by atoms with Gasteiger partial charge in [0.05, 0.1) is 6.42 Å². The monoisotopic (exact) mass is 447 g/mol. The Bertz CT molecular complexity index is 1580. The summed E-state index contributed by atoms with van der Waals surface area (Å²) in [4.78, 5) is 26.7. The van der Waals surface area contributed by atoms with E-state index in [0.29, 0.717) is 16.7 Å². The van der Waals surface area contributed by atoms with Crippen LogP contribution in [0.1, 0.15) is 5.56 Å². The molecule has 1 aromatic heterocycles. The number of phenols is 1. The molecule has 0 saturated carbocycles. The second-order valence-electron chi connectivity index (χ2n) is 8.18. The maximum Gasteiger partial charge on any atom is 0.307 e. The predicted molar refractivity (Wildman–Crippen MR) is 134 cm³/mol. The van der Waals surface area contributed by atoms with E-state index in [9.17, 15) is 14.7 Å². The van der Waals surface area contributed by atoms with E-state index in [4.69, 9.17) is 5.11 Å². The minimum atomic E-state index is -0.914. The highest BCUT2D eigenvalue weighted by Gasteiger charge is 2.10. The van der Waals surface area contributed by atoms with Crippen molar-refractivity contribution in [3.8, 4) is 39.1 Å². The smallest absolute Gasteiger partial charge is 0.307 e. The first-order chi connectivity index (χ1) is 16.5. The molecule has 0 radical (unpaired) electrons. The number of carboxylic acid groups (broad SMARTS) is 1. The lowest BCUT2D eigenvalue weighted by molar-refractivity contribution is -0.136. The molecular formula is C29H21NO4. The number of para-hydroxylation sites is 1. The van der Waals surface area contributed by atoms with E-state index >= 15 is 0 Å². The van der Waals surface area contributed by atoms with Crippen molar-refractivity contribution in [2.24, 2.45) is 0 Å². The van der Waals surface area contributed by atoms with Gasteiger partial charge in [0.25, 0.3) is 5.56 Å². The molecule has 5 nitrogen and oxygen atoms in total. The molecule has 4 aromatic carbocycles. The summed E-state index contributed by atoms with van der Waals surface area (Å²) in [5.41, 5.74) is 6.03. The Hall–Kier alpha value is -4.64. The zero-order valence-electron chi connectivity index (χ0n) is 18.2. The molecule has 0 bridgehead atoms. The summed E-state index contributed by atoms with van der Waals surface area (Å²) >= 11 is 0. The number of benzene rings is 4. The third kappa shape index (κ3) is 4.19. The molecule has 5 rings (SSSR count). The number of nitrogens with one attached hydrogen (secondary N) is 1. The number of carboxylic acids is 1. The highest BCUT2D eigenvalue weighted by Crippen LogP contribution is 2.31. The van der Waals surface area contributed by atoms with Gasteiger partial charge in [-0.05, 0) is 57.5 Å². The van der Waals surface area contributed by atoms with Gasteiger partial charge >= 0.3 is 5.97 Å². The average Bonchev–Trinajstić information content (AvgIpc) is 2.83. The van der Waals surface area contributed by atoms with Gasteiger partial charge in [-0.3, -0.25) is 9.59 Å². The molecule has 0 fully saturated rings. The van der Waals surface area contributed by atoms with Gasteiger partial charge in [-0.15, -0.1) is 0 Å². The molecule has 0 saturated heterocycles. The zero-order chi connectivity index (χ0) is 23.7. The summed E-state index contributed by atoms with van der Waals surface area (Å²) in [5, 5.41) is 20.1. The largest absolute Gasteiger partial charge is 0.507 e. The first-order valence-electron chi connectivity index (χ1n) is 10.8. The van der Waals surface area contributed by atoms with Crippen molar-refractivity contribution in [2.75, 3.05) is 0 Å². The van der Waals surface area contributed by atoms with E-state index in [1.54, 1.807) is 30.3 Å². The van der Waals surface area contributed by atoms with Crippen molar-refractivity contribution < 1.29 is 15.0 Å². The van der Waals surface area contributed by atoms with Crippen LogP contribution >= 0.6 is 0 Å². The lowest BCUT2D eigenvalue weighted by Gasteiger charge is -2.09. The molecule has 34 heavy (non-hydrogen) atoms. The highest BCUT2D eigenvalue weighted by atomic mass is 16.4. The van der Waals surface area contributed by atoms with Crippen LogP contribution in [-0.2, 0) is 11.2 Å². The molecule has 1 heterocycles. The van der Waals surface area contributed by atoms with Crippen LogP contribution in [0.5, 0.6) is 5.75 Å². The maximum atomic E-state index is 12.7. The molecule has 0 unspecified atom stereocenters. The topological polar surface area (TPSA) is 90.4 Å². The number of hydrogen-bond acceptors (Lipinski definition) is 3. The van der Waals surface area contributed by atoms with Crippen LogP contribution in [0.4, 0.5) is 0 Å². The summed E-state index contributed by atoms with van der Waals surface area (Å²) in [6.07, 6.45) is -0.0970. The summed E-state index contributed by atoms with van der Waals surface area (Å²) in [7, 11) is 0. The number of carbonyl (C=O) groups is 1. The minimum Gasteiger partial charge on any atom is -0.507 e. The number of aromatic nitrogens is 1. The molecule has 5 aromatic rings. The molecule has 5 heteroatoms. The van der Waals surface area contributed by atoms with Crippen LogP contribution in [0.2, 0.25) is 0 Å². The molecule has 3 N–H and O–H groups in total. The molecule has 0 atom stereocenters. The quantitative estimate of drug-likeness (QED) is 0.315. The van der Waals surface area contributed by atoms with Gasteiger partial charge in [-0.25, -0.2) is 0 Å². The summed E-state index contributed by atoms with van der Waals surface area (Å²) in [6, 6.07) is 29.9. The zero-order valence-corrected chi connectivity index (χ0v) is 18.2. The molecule has 0 aliphatic rings. The summed E-state index contributed by atoms with van der Waals surface area (Å²) in [5.74, 6) is -0.674. The van der Waals surface area contributed by atoms with Crippen LogP contribution in [0.15, 0.2) is 102 Å². The fourth-order valence-corrected chi connectivity index (χ4v) is 4.18. The van der Waals surface area contributed by atoms with Crippen LogP contribution in [0.25, 0.3) is 44.3 Å². The first-order valence-corrected chi connectivity index (χ1v) is 10.8. The van der Waals surface area contributed by atoms with E-state index in [-0.39, 0.29) is 17.7 Å². The fraction of sp³-hybridized carbons (Fsp3) is 0.0345. The second-order valence-corrected chi connectivity index (χ2v) is 8.18. The lowest BCUT2D eigenvalue weighted by atomic mass is 9.97. The number of aromatic hydroxyl groups is 1. The maximum absolute atomic E-state index is 12.7. The fourth-order valence-electron chi connectivity index (χ4n) is 4.18.